The van der Waals surface area contributed by atoms with Gasteiger partial charge in [0.1, 0.15) is 6.23 Å². The Kier molecular flexibility index (Phi) is 4.71. The summed E-state index contributed by atoms with van der Waals surface area (Å²) in [6.45, 7) is 5.46. The van der Waals surface area contributed by atoms with Gasteiger partial charge in [0.25, 0.3) is 0 Å². The van der Waals surface area contributed by atoms with Crippen LogP contribution in [0.4, 0.5) is 0 Å². The molecule has 5 heteroatoms. The molecular weight excluding hydrogens is 181 g/mol. The van der Waals surface area contributed by atoms with Gasteiger partial charge in [0, 0.05) is 10.9 Å². The lowest BCUT2D eigenvalue weighted by molar-refractivity contribution is 0.189. The summed E-state index contributed by atoms with van der Waals surface area (Å²) in [6, 6.07) is 0. The maximum atomic E-state index is 10.9. The van der Waals surface area contributed by atoms with Crippen LogP contribution in [0.2, 0.25) is 0 Å². The third-order valence-electron chi connectivity index (χ3n) is 1.24. The van der Waals surface area contributed by atoms with Gasteiger partial charge in [-0.3, -0.25) is 4.57 Å². The molecule has 0 heterocycles. The first-order valence-electron chi connectivity index (χ1n) is 3.55. The van der Waals surface area contributed by atoms with E-state index < -0.39 is 19.0 Å². The average molecular weight is 197 g/mol. The summed E-state index contributed by atoms with van der Waals surface area (Å²) in [7, 11) is -1.93. The zero-order valence-electron chi connectivity index (χ0n) is 7.13. The van der Waals surface area contributed by atoms with Crippen LogP contribution in [0, 0.1) is 0 Å². The Morgan fingerprint density at radius 1 is 1.73 bits per heavy atom. The number of hydrogen-bond donors (Lipinski definition) is 2. The number of thiol groups is 1. The standard InChI is InChI=1S/C6H16NO2PS/c1-4-10(8)9-5(7)6(2,3)11/h5,10-11H,4,7H2,1-3H3. The fourth-order valence-corrected chi connectivity index (χ4v) is 1.27. The van der Waals surface area contributed by atoms with E-state index in [0.717, 1.165) is 0 Å². The van der Waals surface area contributed by atoms with E-state index >= 15 is 0 Å². The van der Waals surface area contributed by atoms with E-state index in [4.69, 9.17) is 10.3 Å². The van der Waals surface area contributed by atoms with E-state index in [9.17, 15) is 4.57 Å². The molecule has 0 aliphatic rings. The van der Waals surface area contributed by atoms with Gasteiger partial charge in [-0.2, -0.15) is 12.6 Å². The van der Waals surface area contributed by atoms with E-state index in [1.165, 1.54) is 0 Å². The molecule has 0 aromatic carbocycles. The summed E-state index contributed by atoms with van der Waals surface area (Å²) in [6.07, 6.45) is -0.0282. The molecule has 0 aliphatic carbocycles. The third-order valence-corrected chi connectivity index (χ3v) is 2.59. The van der Waals surface area contributed by atoms with Crippen molar-refractivity contribution in [2.45, 2.75) is 31.7 Å². The molecule has 68 valence electrons. The minimum atomic E-state index is -1.93. The zero-order chi connectivity index (χ0) is 9.07. The van der Waals surface area contributed by atoms with Crippen molar-refractivity contribution in [2.24, 2.45) is 5.73 Å². The van der Waals surface area contributed by atoms with Crippen molar-refractivity contribution in [3.63, 3.8) is 0 Å². The van der Waals surface area contributed by atoms with E-state index in [0.29, 0.717) is 6.16 Å². The van der Waals surface area contributed by atoms with Crippen molar-refractivity contribution in [3.05, 3.63) is 0 Å². The van der Waals surface area contributed by atoms with Crippen molar-refractivity contribution < 1.29 is 9.09 Å². The molecule has 11 heavy (non-hydrogen) atoms. The second-order valence-electron chi connectivity index (χ2n) is 2.92. The van der Waals surface area contributed by atoms with Crippen LogP contribution >= 0.6 is 20.7 Å². The lowest BCUT2D eigenvalue weighted by Crippen LogP contribution is -2.39. The molecule has 0 saturated heterocycles. The van der Waals surface area contributed by atoms with Gasteiger partial charge in [-0.15, -0.1) is 0 Å². The quantitative estimate of drug-likeness (QED) is 0.408. The third kappa shape index (κ3) is 4.86. The number of rotatable bonds is 4. The number of hydrogen-bond acceptors (Lipinski definition) is 4. The highest BCUT2D eigenvalue weighted by Crippen LogP contribution is 2.28. The Labute approximate surface area is 74.0 Å². The molecule has 0 aromatic heterocycles. The summed E-state index contributed by atoms with van der Waals surface area (Å²) in [5.41, 5.74) is 5.55. The predicted molar refractivity (Wildman–Crippen MR) is 51.7 cm³/mol. The zero-order valence-corrected chi connectivity index (χ0v) is 9.02. The lowest BCUT2D eigenvalue weighted by atomic mass is 10.2. The fraction of sp³-hybridized carbons (Fsp3) is 1.00. The van der Waals surface area contributed by atoms with E-state index in [1.807, 2.05) is 13.8 Å². The van der Waals surface area contributed by atoms with Crippen LogP contribution in [0.15, 0.2) is 0 Å². The van der Waals surface area contributed by atoms with Crippen LogP contribution < -0.4 is 5.73 Å². The number of nitrogens with two attached hydrogens (primary N) is 1. The molecule has 0 aromatic rings. The molecule has 2 atom stereocenters. The van der Waals surface area contributed by atoms with Gasteiger partial charge in [0.15, 0.2) is 8.03 Å². The monoisotopic (exact) mass is 197 g/mol. The van der Waals surface area contributed by atoms with Gasteiger partial charge >= 0.3 is 0 Å². The summed E-state index contributed by atoms with van der Waals surface area (Å²) in [5.74, 6) is 0. The summed E-state index contributed by atoms with van der Waals surface area (Å²) in [4.78, 5) is 0. The van der Waals surface area contributed by atoms with Gasteiger partial charge in [-0.1, -0.05) is 6.92 Å². The van der Waals surface area contributed by atoms with Crippen LogP contribution in [0.1, 0.15) is 20.8 Å². The highest BCUT2D eigenvalue weighted by molar-refractivity contribution is 7.81. The minimum absolute atomic E-state index is 0.435. The van der Waals surface area contributed by atoms with Crippen LogP contribution in [0.3, 0.4) is 0 Å². The van der Waals surface area contributed by atoms with Gasteiger partial charge < -0.3 is 10.3 Å². The van der Waals surface area contributed by atoms with Crippen LogP contribution in [0.5, 0.6) is 0 Å². The largest absolute Gasteiger partial charge is 0.310 e. The molecule has 0 bridgehead atoms. The molecule has 2 unspecified atom stereocenters. The topological polar surface area (TPSA) is 52.3 Å². The first-order chi connectivity index (χ1) is 4.88. The Morgan fingerprint density at radius 2 is 2.18 bits per heavy atom. The highest BCUT2D eigenvalue weighted by Gasteiger charge is 2.23. The SMILES string of the molecule is CC[PH](=O)OC(N)C(C)(C)S. The van der Waals surface area contributed by atoms with Gasteiger partial charge in [0.05, 0.1) is 0 Å². The molecular formula is C6H16NO2PS. The molecule has 0 amide bonds. The first kappa shape index (κ1) is 11.5. The molecule has 0 saturated carbocycles. The van der Waals surface area contributed by atoms with E-state index in [2.05, 4.69) is 12.6 Å². The second kappa shape index (κ2) is 4.51. The predicted octanol–water partition coefficient (Wildman–Crippen LogP) is 1.49. The maximum Gasteiger partial charge on any atom is 0.192 e. The fourth-order valence-electron chi connectivity index (χ4n) is 0.369. The average Bonchev–Trinajstić information content (AvgIpc) is 1.85. The Bertz CT molecular complexity index is 146. The van der Waals surface area contributed by atoms with Gasteiger partial charge in [-0.05, 0) is 13.8 Å². The molecule has 0 radical (unpaired) electrons. The normalized spacial score (nSPS) is 17.9. The van der Waals surface area contributed by atoms with E-state index in [-0.39, 0.29) is 0 Å². The van der Waals surface area contributed by atoms with Crippen molar-refractivity contribution in [1.29, 1.82) is 0 Å². The molecule has 0 spiro atoms. The summed E-state index contributed by atoms with van der Waals surface area (Å²) >= 11 is 4.19. The Balaban J connectivity index is 3.87. The molecule has 0 rings (SSSR count). The first-order valence-corrected chi connectivity index (χ1v) is 5.52. The Morgan fingerprint density at radius 3 is 2.45 bits per heavy atom. The van der Waals surface area contributed by atoms with Crippen LogP contribution in [0.25, 0.3) is 0 Å². The van der Waals surface area contributed by atoms with Crippen molar-refractivity contribution in [3.8, 4) is 0 Å². The van der Waals surface area contributed by atoms with Crippen molar-refractivity contribution in [2.75, 3.05) is 6.16 Å². The van der Waals surface area contributed by atoms with Crippen LogP contribution in [-0.4, -0.2) is 17.1 Å². The molecule has 3 nitrogen and oxygen atoms in total. The second-order valence-corrected chi connectivity index (χ2v) is 5.76. The van der Waals surface area contributed by atoms with E-state index in [1.54, 1.807) is 6.92 Å². The lowest BCUT2D eigenvalue weighted by Gasteiger charge is -2.25. The minimum Gasteiger partial charge on any atom is -0.310 e. The van der Waals surface area contributed by atoms with Gasteiger partial charge in [0.2, 0.25) is 0 Å². The molecule has 0 aliphatic heterocycles. The molecule has 0 fully saturated rings. The summed E-state index contributed by atoms with van der Waals surface area (Å²) < 4.78 is 15.5. The van der Waals surface area contributed by atoms with Crippen molar-refractivity contribution >= 4 is 20.7 Å². The molecule has 2 N–H and O–H groups in total. The summed E-state index contributed by atoms with van der Waals surface area (Å²) in [5, 5.41) is 0. The Hall–Kier alpha value is 0.500. The smallest absolute Gasteiger partial charge is 0.192 e. The highest BCUT2D eigenvalue weighted by atomic mass is 32.1. The maximum absolute atomic E-state index is 10.9. The van der Waals surface area contributed by atoms with Crippen LogP contribution in [-0.2, 0) is 9.09 Å². The van der Waals surface area contributed by atoms with Gasteiger partial charge in [-0.25, -0.2) is 0 Å². The van der Waals surface area contributed by atoms with Crippen molar-refractivity contribution in [1.82, 2.24) is 0 Å².